The van der Waals surface area contributed by atoms with Crippen LogP contribution in [-0.4, -0.2) is 44.4 Å². The molecule has 5 heteroatoms. The van der Waals surface area contributed by atoms with E-state index in [9.17, 15) is 4.79 Å². The number of amides is 1. The molecule has 0 spiro atoms. The van der Waals surface area contributed by atoms with Gasteiger partial charge in [-0.1, -0.05) is 0 Å². The first-order valence-corrected chi connectivity index (χ1v) is 5.84. The number of nitrogens with zero attached hydrogens (tertiary/aromatic N) is 1. The monoisotopic (exact) mass is 252 g/mol. The van der Waals surface area contributed by atoms with Crippen molar-refractivity contribution in [2.75, 3.05) is 37.5 Å². The molecule has 1 amide bonds. The largest absolute Gasteiger partial charge is 0.395 e. The molecule has 0 saturated heterocycles. The van der Waals surface area contributed by atoms with Gasteiger partial charge in [-0.25, -0.2) is 0 Å². The number of nitrogens with one attached hydrogen (secondary N) is 1. The van der Waals surface area contributed by atoms with Gasteiger partial charge in [0.1, 0.15) is 6.10 Å². The SMILES string of the molecule is COC(C)C(=O)Nc1ccc(N(C)CCO)cc1. The van der Waals surface area contributed by atoms with Gasteiger partial charge in [0.2, 0.25) is 0 Å². The summed E-state index contributed by atoms with van der Waals surface area (Å²) in [5, 5.41) is 11.6. The van der Waals surface area contributed by atoms with Crippen LogP contribution < -0.4 is 10.2 Å². The first-order chi connectivity index (χ1) is 8.58. The molecule has 0 radical (unpaired) electrons. The highest BCUT2D eigenvalue weighted by molar-refractivity contribution is 5.94. The van der Waals surface area contributed by atoms with Crippen molar-refractivity contribution in [3.63, 3.8) is 0 Å². The molecule has 1 unspecified atom stereocenters. The Labute approximate surface area is 107 Å². The van der Waals surface area contributed by atoms with Gasteiger partial charge < -0.3 is 20.1 Å². The fraction of sp³-hybridized carbons (Fsp3) is 0.462. The van der Waals surface area contributed by atoms with Gasteiger partial charge in [0, 0.05) is 32.1 Å². The third-order valence-electron chi connectivity index (χ3n) is 2.73. The first kappa shape index (κ1) is 14.5. The number of aliphatic hydroxyl groups excluding tert-OH is 1. The van der Waals surface area contributed by atoms with Gasteiger partial charge >= 0.3 is 0 Å². The second kappa shape index (κ2) is 6.98. The Kier molecular flexibility index (Phi) is 5.61. The highest BCUT2D eigenvalue weighted by Crippen LogP contribution is 2.16. The van der Waals surface area contributed by atoms with Crippen LogP contribution in [0.5, 0.6) is 0 Å². The summed E-state index contributed by atoms with van der Waals surface area (Å²) in [6.07, 6.45) is -0.471. The molecule has 2 N–H and O–H groups in total. The van der Waals surface area contributed by atoms with Crippen molar-refractivity contribution >= 4 is 17.3 Å². The summed E-state index contributed by atoms with van der Waals surface area (Å²) in [6.45, 7) is 2.38. The Morgan fingerprint density at radius 1 is 1.44 bits per heavy atom. The van der Waals surface area contributed by atoms with Crippen molar-refractivity contribution in [2.45, 2.75) is 13.0 Å². The Balaban J connectivity index is 2.63. The van der Waals surface area contributed by atoms with E-state index in [-0.39, 0.29) is 12.5 Å². The zero-order valence-corrected chi connectivity index (χ0v) is 11.0. The number of benzene rings is 1. The van der Waals surface area contributed by atoms with Crippen molar-refractivity contribution in [3.05, 3.63) is 24.3 Å². The van der Waals surface area contributed by atoms with Crippen LogP contribution in [0.1, 0.15) is 6.92 Å². The molecule has 100 valence electrons. The molecule has 1 aromatic carbocycles. The lowest BCUT2D eigenvalue weighted by atomic mass is 10.2. The van der Waals surface area contributed by atoms with Gasteiger partial charge in [-0.05, 0) is 31.2 Å². The van der Waals surface area contributed by atoms with Crippen LogP contribution in [0.25, 0.3) is 0 Å². The van der Waals surface area contributed by atoms with Crippen molar-refractivity contribution in [1.82, 2.24) is 0 Å². The number of carbonyl (C=O) groups excluding carboxylic acids is 1. The predicted octanol–water partition coefficient (Wildman–Crippen LogP) is 1.09. The molecule has 1 atom stereocenters. The van der Waals surface area contributed by atoms with Crippen molar-refractivity contribution < 1.29 is 14.6 Å². The van der Waals surface area contributed by atoms with E-state index in [4.69, 9.17) is 9.84 Å². The summed E-state index contributed by atoms with van der Waals surface area (Å²) >= 11 is 0. The van der Waals surface area contributed by atoms with Crippen LogP contribution in [0, 0.1) is 0 Å². The molecule has 0 aliphatic carbocycles. The Morgan fingerprint density at radius 2 is 2.06 bits per heavy atom. The zero-order valence-electron chi connectivity index (χ0n) is 11.0. The third-order valence-corrected chi connectivity index (χ3v) is 2.73. The molecule has 0 heterocycles. The van der Waals surface area contributed by atoms with E-state index >= 15 is 0 Å². The highest BCUT2D eigenvalue weighted by Gasteiger charge is 2.11. The maximum absolute atomic E-state index is 11.6. The lowest BCUT2D eigenvalue weighted by Crippen LogP contribution is -2.26. The first-order valence-electron chi connectivity index (χ1n) is 5.84. The van der Waals surface area contributed by atoms with Crippen molar-refractivity contribution in [2.24, 2.45) is 0 Å². The number of ether oxygens (including phenoxy) is 1. The summed E-state index contributed by atoms with van der Waals surface area (Å²) in [7, 11) is 3.40. The van der Waals surface area contributed by atoms with E-state index in [2.05, 4.69) is 5.32 Å². The van der Waals surface area contributed by atoms with Crippen molar-refractivity contribution in [3.8, 4) is 0 Å². The molecular weight excluding hydrogens is 232 g/mol. The van der Waals surface area contributed by atoms with Crippen LogP contribution in [0.2, 0.25) is 0 Å². The average molecular weight is 252 g/mol. The number of likely N-dealkylation sites (N-methyl/N-ethyl adjacent to an activating group) is 1. The number of aliphatic hydroxyl groups is 1. The average Bonchev–Trinajstić information content (AvgIpc) is 2.38. The molecule has 0 aliphatic rings. The van der Waals surface area contributed by atoms with Crippen LogP contribution in [0.15, 0.2) is 24.3 Å². The molecule has 0 aliphatic heterocycles. The quantitative estimate of drug-likeness (QED) is 0.795. The Morgan fingerprint density at radius 3 is 2.56 bits per heavy atom. The zero-order chi connectivity index (χ0) is 13.5. The second-order valence-corrected chi connectivity index (χ2v) is 4.06. The van der Waals surface area contributed by atoms with Gasteiger partial charge in [0.05, 0.1) is 6.61 Å². The minimum atomic E-state index is -0.471. The minimum absolute atomic E-state index is 0.111. The summed E-state index contributed by atoms with van der Waals surface area (Å²) in [5.74, 6) is -0.172. The van der Waals surface area contributed by atoms with E-state index in [1.165, 1.54) is 7.11 Å². The number of methoxy groups -OCH3 is 1. The smallest absolute Gasteiger partial charge is 0.253 e. The fourth-order valence-electron chi connectivity index (χ4n) is 1.43. The Bertz CT molecular complexity index is 378. The van der Waals surface area contributed by atoms with Gasteiger partial charge in [0.15, 0.2) is 0 Å². The van der Waals surface area contributed by atoms with E-state index in [0.717, 1.165) is 11.4 Å². The lowest BCUT2D eigenvalue weighted by Gasteiger charge is -2.18. The molecular formula is C13H20N2O3. The number of hydrogen-bond acceptors (Lipinski definition) is 4. The van der Waals surface area contributed by atoms with E-state index in [0.29, 0.717) is 6.54 Å². The molecule has 0 fully saturated rings. The standard InChI is InChI=1S/C13H20N2O3/c1-10(18-3)13(17)14-11-4-6-12(7-5-11)15(2)8-9-16/h4-7,10,16H,8-9H2,1-3H3,(H,14,17). The van der Waals surface area contributed by atoms with Crippen LogP contribution in [-0.2, 0) is 9.53 Å². The molecule has 1 rings (SSSR count). The number of hydrogen-bond donors (Lipinski definition) is 2. The summed E-state index contributed by atoms with van der Waals surface area (Å²) in [5.41, 5.74) is 1.71. The summed E-state index contributed by atoms with van der Waals surface area (Å²) in [4.78, 5) is 13.5. The summed E-state index contributed by atoms with van der Waals surface area (Å²) < 4.78 is 4.93. The molecule has 0 aromatic heterocycles. The van der Waals surface area contributed by atoms with E-state index in [1.807, 2.05) is 36.2 Å². The molecule has 1 aromatic rings. The number of carbonyl (C=O) groups is 1. The van der Waals surface area contributed by atoms with Crippen LogP contribution in [0.3, 0.4) is 0 Å². The van der Waals surface area contributed by atoms with Gasteiger partial charge in [-0.3, -0.25) is 4.79 Å². The molecule has 5 nitrogen and oxygen atoms in total. The Hall–Kier alpha value is -1.59. The van der Waals surface area contributed by atoms with Crippen LogP contribution >= 0.6 is 0 Å². The fourth-order valence-corrected chi connectivity index (χ4v) is 1.43. The van der Waals surface area contributed by atoms with Gasteiger partial charge in [-0.2, -0.15) is 0 Å². The van der Waals surface area contributed by atoms with Gasteiger partial charge in [-0.15, -0.1) is 0 Å². The third kappa shape index (κ3) is 4.01. The van der Waals surface area contributed by atoms with Crippen LogP contribution in [0.4, 0.5) is 11.4 Å². The molecule has 0 bridgehead atoms. The van der Waals surface area contributed by atoms with Crippen molar-refractivity contribution in [1.29, 1.82) is 0 Å². The minimum Gasteiger partial charge on any atom is -0.395 e. The second-order valence-electron chi connectivity index (χ2n) is 4.06. The predicted molar refractivity (Wildman–Crippen MR) is 71.9 cm³/mol. The highest BCUT2D eigenvalue weighted by atomic mass is 16.5. The maximum atomic E-state index is 11.6. The van der Waals surface area contributed by atoms with E-state index < -0.39 is 6.10 Å². The van der Waals surface area contributed by atoms with E-state index in [1.54, 1.807) is 6.92 Å². The van der Waals surface area contributed by atoms with Gasteiger partial charge in [0.25, 0.3) is 5.91 Å². The summed E-state index contributed by atoms with van der Waals surface area (Å²) in [6, 6.07) is 7.43. The number of rotatable bonds is 6. The molecule has 0 saturated carbocycles. The maximum Gasteiger partial charge on any atom is 0.253 e. The molecule has 18 heavy (non-hydrogen) atoms. The topological polar surface area (TPSA) is 61.8 Å². The lowest BCUT2D eigenvalue weighted by molar-refractivity contribution is -0.124. The normalized spacial score (nSPS) is 12.0. The number of anilines is 2.